The van der Waals surface area contributed by atoms with Gasteiger partial charge in [0.05, 0.1) is 12.1 Å². The predicted octanol–water partition coefficient (Wildman–Crippen LogP) is 3.37. The van der Waals surface area contributed by atoms with Gasteiger partial charge in [-0.1, -0.05) is 24.3 Å². The second-order valence-corrected chi connectivity index (χ2v) is 3.72. The molecule has 0 fully saturated rings. The van der Waals surface area contributed by atoms with Crippen LogP contribution < -0.4 is 0 Å². The standard InChI is InChI=1S/C14H15NO2/c1-3-7-12-10-11-8-5-6-9-13(11)15(12)14(16)17-4-2/h3,5-6,8-10H,1,4,7H2,2H3. The number of para-hydroxylation sites is 1. The lowest BCUT2D eigenvalue weighted by Crippen LogP contribution is -2.15. The molecule has 0 saturated heterocycles. The van der Waals surface area contributed by atoms with Crippen molar-refractivity contribution in [2.75, 3.05) is 6.61 Å². The van der Waals surface area contributed by atoms with Crippen LogP contribution in [0.4, 0.5) is 4.79 Å². The molecule has 0 aliphatic rings. The van der Waals surface area contributed by atoms with Crippen molar-refractivity contribution in [1.82, 2.24) is 4.57 Å². The maximum absolute atomic E-state index is 11.9. The van der Waals surface area contributed by atoms with Crippen molar-refractivity contribution in [2.45, 2.75) is 13.3 Å². The minimum atomic E-state index is -0.328. The SMILES string of the molecule is C=CCc1cc2ccccc2n1C(=O)OCC. The van der Waals surface area contributed by atoms with Crippen LogP contribution in [0.1, 0.15) is 12.6 Å². The number of benzene rings is 1. The number of fused-ring (bicyclic) bond motifs is 1. The van der Waals surface area contributed by atoms with E-state index in [-0.39, 0.29) is 6.09 Å². The summed E-state index contributed by atoms with van der Waals surface area (Å²) in [6, 6.07) is 9.76. The zero-order valence-electron chi connectivity index (χ0n) is 9.85. The normalized spacial score (nSPS) is 10.4. The van der Waals surface area contributed by atoms with E-state index in [1.54, 1.807) is 17.6 Å². The Kier molecular flexibility index (Phi) is 3.28. The van der Waals surface area contributed by atoms with Crippen LogP contribution in [0, 0.1) is 0 Å². The Morgan fingerprint density at radius 3 is 2.94 bits per heavy atom. The van der Waals surface area contributed by atoms with Gasteiger partial charge in [-0.2, -0.15) is 0 Å². The Balaban J connectivity index is 2.59. The van der Waals surface area contributed by atoms with E-state index in [4.69, 9.17) is 4.74 Å². The van der Waals surface area contributed by atoms with Crippen molar-refractivity contribution >= 4 is 17.0 Å². The largest absolute Gasteiger partial charge is 0.449 e. The molecule has 0 aliphatic carbocycles. The van der Waals surface area contributed by atoms with Crippen molar-refractivity contribution in [2.24, 2.45) is 0 Å². The van der Waals surface area contributed by atoms with E-state index in [1.165, 1.54) is 0 Å². The van der Waals surface area contributed by atoms with Gasteiger partial charge in [0, 0.05) is 17.5 Å². The third kappa shape index (κ3) is 2.09. The maximum atomic E-state index is 11.9. The van der Waals surface area contributed by atoms with Crippen LogP contribution in [-0.2, 0) is 11.2 Å². The Hall–Kier alpha value is -2.03. The van der Waals surface area contributed by atoms with Gasteiger partial charge in [0.15, 0.2) is 0 Å². The molecule has 0 spiro atoms. The Labute approximate surface area is 100 Å². The van der Waals surface area contributed by atoms with Gasteiger partial charge in [-0.25, -0.2) is 9.36 Å². The van der Waals surface area contributed by atoms with E-state index >= 15 is 0 Å². The first-order chi connectivity index (χ1) is 8.27. The van der Waals surface area contributed by atoms with Crippen molar-refractivity contribution in [3.63, 3.8) is 0 Å². The topological polar surface area (TPSA) is 31.2 Å². The molecule has 1 aromatic carbocycles. The predicted molar refractivity (Wildman–Crippen MR) is 68.3 cm³/mol. The first-order valence-corrected chi connectivity index (χ1v) is 5.65. The lowest BCUT2D eigenvalue weighted by Gasteiger charge is -2.07. The number of nitrogens with zero attached hydrogens (tertiary/aromatic N) is 1. The van der Waals surface area contributed by atoms with E-state index in [9.17, 15) is 4.79 Å². The van der Waals surface area contributed by atoms with Crippen LogP contribution in [0.15, 0.2) is 43.0 Å². The van der Waals surface area contributed by atoms with E-state index in [2.05, 4.69) is 6.58 Å². The van der Waals surface area contributed by atoms with Crippen LogP contribution >= 0.6 is 0 Å². The highest BCUT2D eigenvalue weighted by Crippen LogP contribution is 2.20. The fourth-order valence-electron chi connectivity index (χ4n) is 1.91. The highest BCUT2D eigenvalue weighted by Gasteiger charge is 2.14. The summed E-state index contributed by atoms with van der Waals surface area (Å²) in [7, 11) is 0. The van der Waals surface area contributed by atoms with Gasteiger partial charge in [-0.05, 0) is 19.1 Å². The average Bonchev–Trinajstić information content (AvgIpc) is 2.67. The fourth-order valence-corrected chi connectivity index (χ4v) is 1.91. The van der Waals surface area contributed by atoms with Gasteiger partial charge >= 0.3 is 6.09 Å². The van der Waals surface area contributed by atoms with Crippen molar-refractivity contribution in [3.05, 3.63) is 48.7 Å². The molecule has 0 aliphatic heterocycles. The molecule has 17 heavy (non-hydrogen) atoms. The molecule has 3 heteroatoms. The molecule has 2 rings (SSSR count). The molecule has 1 heterocycles. The number of ether oxygens (including phenoxy) is 1. The molecule has 0 bridgehead atoms. The molecule has 0 N–H and O–H groups in total. The second kappa shape index (κ2) is 4.87. The Morgan fingerprint density at radius 1 is 1.47 bits per heavy atom. The summed E-state index contributed by atoms with van der Waals surface area (Å²) < 4.78 is 6.68. The summed E-state index contributed by atoms with van der Waals surface area (Å²) in [4.78, 5) is 11.9. The third-order valence-corrected chi connectivity index (χ3v) is 2.59. The highest BCUT2D eigenvalue weighted by molar-refractivity contribution is 5.90. The second-order valence-electron chi connectivity index (χ2n) is 3.72. The van der Waals surface area contributed by atoms with Gasteiger partial charge < -0.3 is 4.74 Å². The Morgan fingerprint density at radius 2 is 2.24 bits per heavy atom. The highest BCUT2D eigenvalue weighted by atomic mass is 16.5. The van der Waals surface area contributed by atoms with Gasteiger partial charge in [0.2, 0.25) is 0 Å². The smallest absolute Gasteiger partial charge is 0.418 e. The summed E-state index contributed by atoms with van der Waals surface area (Å²) in [5.74, 6) is 0. The van der Waals surface area contributed by atoms with Crippen LogP contribution in [0.3, 0.4) is 0 Å². The lowest BCUT2D eigenvalue weighted by atomic mass is 10.2. The third-order valence-electron chi connectivity index (χ3n) is 2.59. The molecule has 0 saturated carbocycles. The van der Waals surface area contributed by atoms with E-state index < -0.39 is 0 Å². The maximum Gasteiger partial charge on any atom is 0.418 e. The number of hydrogen-bond acceptors (Lipinski definition) is 2. The Bertz CT molecular complexity index is 554. The van der Waals surface area contributed by atoms with Gasteiger partial charge in [0.25, 0.3) is 0 Å². The van der Waals surface area contributed by atoms with Crippen molar-refractivity contribution in [1.29, 1.82) is 0 Å². The molecule has 1 aromatic heterocycles. The summed E-state index contributed by atoms with van der Waals surface area (Å²) >= 11 is 0. The van der Waals surface area contributed by atoms with Crippen LogP contribution in [0.25, 0.3) is 10.9 Å². The first-order valence-electron chi connectivity index (χ1n) is 5.65. The lowest BCUT2D eigenvalue weighted by molar-refractivity contribution is 0.154. The van der Waals surface area contributed by atoms with Gasteiger partial charge in [0.1, 0.15) is 0 Å². The molecule has 0 atom stereocenters. The number of rotatable bonds is 3. The monoisotopic (exact) mass is 229 g/mol. The zero-order valence-corrected chi connectivity index (χ0v) is 9.85. The number of carbonyl (C=O) groups is 1. The fraction of sp³-hybridized carbons (Fsp3) is 0.214. The van der Waals surface area contributed by atoms with E-state index in [0.29, 0.717) is 13.0 Å². The molecular weight excluding hydrogens is 214 g/mol. The summed E-state index contributed by atoms with van der Waals surface area (Å²) in [5.41, 5.74) is 1.78. The molecule has 0 radical (unpaired) electrons. The van der Waals surface area contributed by atoms with Gasteiger partial charge in [-0.3, -0.25) is 0 Å². The number of hydrogen-bond donors (Lipinski definition) is 0. The van der Waals surface area contributed by atoms with Crippen LogP contribution in [-0.4, -0.2) is 17.3 Å². The molecule has 0 amide bonds. The average molecular weight is 229 g/mol. The van der Waals surface area contributed by atoms with E-state index in [1.807, 2.05) is 30.3 Å². The van der Waals surface area contributed by atoms with Crippen molar-refractivity contribution < 1.29 is 9.53 Å². The molecule has 0 unspecified atom stereocenters. The minimum absolute atomic E-state index is 0.328. The van der Waals surface area contributed by atoms with Crippen LogP contribution in [0.5, 0.6) is 0 Å². The molecular formula is C14H15NO2. The molecule has 88 valence electrons. The first kappa shape index (κ1) is 11.5. The summed E-state index contributed by atoms with van der Waals surface area (Å²) in [5, 5.41) is 1.04. The molecule has 2 aromatic rings. The van der Waals surface area contributed by atoms with Crippen molar-refractivity contribution in [3.8, 4) is 0 Å². The molecule has 3 nitrogen and oxygen atoms in total. The number of aromatic nitrogens is 1. The number of carbonyl (C=O) groups excluding carboxylic acids is 1. The van der Waals surface area contributed by atoms with E-state index in [0.717, 1.165) is 16.6 Å². The van der Waals surface area contributed by atoms with Gasteiger partial charge in [-0.15, -0.1) is 6.58 Å². The minimum Gasteiger partial charge on any atom is -0.449 e. The summed E-state index contributed by atoms with van der Waals surface area (Å²) in [6.45, 7) is 5.88. The quantitative estimate of drug-likeness (QED) is 0.755. The summed E-state index contributed by atoms with van der Waals surface area (Å²) in [6.07, 6.45) is 2.10. The zero-order chi connectivity index (χ0) is 12.3. The van der Waals surface area contributed by atoms with Crippen LogP contribution in [0.2, 0.25) is 0 Å². The number of allylic oxidation sites excluding steroid dienone is 1.